The van der Waals surface area contributed by atoms with Crippen LogP contribution in [0.3, 0.4) is 0 Å². The minimum atomic E-state index is -0.338. The van der Waals surface area contributed by atoms with Gasteiger partial charge in [0.05, 0.1) is 6.61 Å². The summed E-state index contributed by atoms with van der Waals surface area (Å²) in [5, 5.41) is 3.53. The number of hydrogen-bond donors (Lipinski definition) is 1. The quantitative estimate of drug-likeness (QED) is 0.816. The van der Waals surface area contributed by atoms with Gasteiger partial charge >= 0.3 is 0 Å². The van der Waals surface area contributed by atoms with Crippen LogP contribution in [0.15, 0.2) is 24.3 Å². The fraction of sp³-hybridized carbons (Fsp3) is 0.538. The molecular weight excluding hydrogens is 222 g/mol. The smallest absolute Gasteiger partial charge is 0.143 e. The molecule has 1 aromatic rings. The molecule has 1 aromatic carbocycles. The molecule has 1 heterocycles. The van der Waals surface area contributed by atoms with Crippen molar-refractivity contribution in [2.24, 2.45) is 0 Å². The molecule has 0 aliphatic carbocycles. The highest BCUT2D eigenvalue weighted by Crippen LogP contribution is 2.32. The van der Waals surface area contributed by atoms with Gasteiger partial charge in [0.2, 0.25) is 0 Å². The number of nitrogens with one attached hydrogen (secondary N) is 1. The molecule has 2 rings (SSSR count). The summed E-state index contributed by atoms with van der Waals surface area (Å²) in [6.07, 6.45) is 0. The van der Waals surface area contributed by atoms with E-state index >= 15 is 0 Å². The summed E-state index contributed by atoms with van der Waals surface area (Å²) in [6, 6.07) is 8.47. The van der Waals surface area contributed by atoms with Crippen LogP contribution >= 0.6 is 12.4 Å². The third-order valence-corrected chi connectivity index (χ3v) is 2.87. The van der Waals surface area contributed by atoms with Crippen LogP contribution in [0.1, 0.15) is 31.9 Å². The molecule has 0 saturated carbocycles. The lowest BCUT2D eigenvalue weighted by Crippen LogP contribution is -2.44. The first-order valence-electron chi connectivity index (χ1n) is 5.42. The minimum Gasteiger partial charge on any atom is -0.355 e. The number of aryl methyl sites for hydroxylation is 1. The van der Waals surface area contributed by atoms with Crippen molar-refractivity contribution in [3.05, 3.63) is 35.4 Å². The zero-order chi connectivity index (χ0) is 11.1. The van der Waals surface area contributed by atoms with Gasteiger partial charge in [0, 0.05) is 5.54 Å². The SMILES string of the molecule is Cc1cccc(C2(C)NC(C)(C)CO2)c1.Cl. The van der Waals surface area contributed by atoms with Gasteiger partial charge in [-0.15, -0.1) is 12.4 Å². The van der Waals surface area contributed by atoms with E-state index in [0.717, 1.165) is 6.61 Å². The van der Waals surface area contributed by atoms with Crippen molar-refractivity contribution in [3.8, 4) is 0 Å². The Bertz CT molecular complexity index is 378. The Morgan fingerprint density at radius 3 is 2.44 bits per heavy atom. The predicted molar refractivity (Wildman–Crippen MR) is 68.9 cm³/mol. The van der Waals surface area contributed by atoms with Gasteiger partial charge in [-0.1, -0.05) is 29.8 Å². The van der Waals surface area contributed by atoms with Crippen molar-refractivity contribution in [1.82, 2.24) is 5.32 Å². The fourth-order valence-electron chi connectivity index (χ4n) is 2.14. The van der Waals surface area contributed by atoms with E-state index in [9.17, 15) is 0 Å². The van der Waals surface area contributed by atoms with E-state index < -0.39 is 0 Å². The first-order chi connectivity index (χ1) is 6.91. The molecule has 0 bridgehead atoms. The molecule has 3 heteroatoms. The molecule has 1 saturated heterocycles. The Kier molecular flexibility index (Phi) is 3.68. The number of hydrogen-bond acceptors (Lipinski definition) is 2. The molecule has 0 amide bonds. The van der Waals surface area contributed by atoms with Gasteiger partial charge in [-0.3, -0.25) is 5.32 Å². The van der Waals surface area contributed by atoms with E-state index in [0.29, 0.717) is 0 Å². The number of ether oxygens (including phenoxy) is 1. The number of benzene rings is 1. The average molecular weight is 242 g/mol. The normalized spacial score (nSPS) is 27.5. The molecule has 90 valence electrons. The number of rotatable bonds is 1. The van der Waals surface area contributed by atoms with Gasteiger partial charge in [-0.2, -0.15) is 0 Å². The third-order valence-electron chi connectivity index (χ3n) is 2.87. The van der Waals surface area contributed by atoms with Gasteiger partial charge < -0.3 is 4.74 Å². The molecule has 0 spiro atoms. The van der Waals surface area contributed by atoms with Crippen molar-refractivity contribution < 1.29 is 4.74 Å². The summed E-state index contributed by atoms with van der Waals surface area (Å²) in [6.45, 7) is 9.27. The van der Waals surface area contributed by atoms with Crippen molar-refractivity contribution in [2.75, 3.05) is 6.61 Å². The molecule has 2 nitrogen and oxygen atoms in total. The Morgan fingerprint density at radius 2 is 1.94 bits per heavy atom. The molecule has 1 unspecified atom stereocenters. The van der Waals surface area contributed by atoms with E-state index in [1.165, 1.54) is 11.1 Å². The lowest BCUT2D eigenvalue weighted by atomic mass is 10.0. The Hall–Kier alpha value is -0.570. The summed E-state index contributed by atoms with van der Waals surface area (Å²) in [4.78, 5) is 0. The second kappa shape index (κ2) is 4.36. The maximum atomic E-state index is 5.89. The van der Waals surface area contributed by atoms with E-state index in [2.05, 4.69) is 57.3 Å². The van der Waals surface area contributed by atoms with Gasteiger partial charge in [-0.05, 0) is 33.3 Å². The molecule has 16 heavy (non-hydrogen) atoms. The van der Waals surface area contributed by atoms with Crippen molar-refractivity contribution in [2.45, 2.75) is 39.0 Å². The van der Waals surface area contributed by atoms with E-state index in [4.69, 9.17) is 4.74 Å². The van der Waals surface area contributed by atoms with Crippen LogP contribution in [0, 0.1) is 6.92 Å². The molecule has 1 aliphatic rings. The summed E-state index contributed by atoms with van der Waals surface area (Å²) < 4.78 is 5.89. The molecule has 0 aromatic heterocycles. The molecule has 0 radical (unpaired) electrons. The first-order valence-corrected chi connectivity index (χ1v) is 5.42. The topological polar surface area (TPSA) is 21.3 Å². The summed E-state index contributed by atoms with van der Waals surface area (Å²) in [5.41, 5.74) is 2.19. The zero-order valence-corrected chi connectivity index (χ0v) is 11.1. The second-order valence-electron chi connectivity index (χ2n) is 5.20. The van der Waals surface area contributed by atoms with Crippen LogP contribution in [0.4, 0.5) is 0 Å². The Labute approximate surface area is 104 Å². The maximum absolute atomic E-state index is 5.89. The van der Waals surface area contributed by atoms with E-state index in [-0.39, 0.29) is 23.7 Å². The minimum absolute atomic E-state index is 0. The summed E-state index contributed by atoms with van der Waals surface area (Å²) in [5.74, 6) is 0. The summed E-state index contributed by atoms with van der Waals surface area (Å²) in [7, 11) is 0. The van der Waals surface area contributed by atoms with Gasteiger partial charge in [-0.25, -0.2) is 0 Å². The first kappa shape index (κ1) is 13.5. The lowest BCUT2D eigenvalue weighted by molar-refractivity contribution is 0.00215. The van der Waals surface area contributed by atoms with Crippen LogP contribution in [0.2, 0.25) is 0 Å². The highest BCUT2D eigenvalue weighted by Gasteiger charge is 2.41. The van der Waals surface area contributed by atoms with Crippen molar-refractivity contribution >= 4 is 12.4 Å². The monoisotopic (exact) mass is 241 g/mol. The second-order valence-corrected chi connectivity index (χ2v) is 5.20. The van der Waals surface area contributed by atoms with E-state index in [1.54, 1.807) is 0 Å². The maximum Gasteiger partial charge on any atom is 0.143 e. The van der Waals surface area contributed by atoms with E-state index in [1.807, 2.05) is 0 Å². The lowest BCUT2D eigenvalue weighted by Gasteiger charge is -2.27. The zero-order valence-electron chi connectivity index (χ0n) is 10.3. The molecule has 1 fully saturated rings. The molecule has 1 atom stereocenters. The van der Waals surface area contributed by atoms with Crippen LogP contribution in [-0.2, 0) is 10.5 Å². The van der Waals surface area contributed by atoms with Crippen LogP contribution in [-0.4, -0.2) is 12.1 Å². The predicted octanol–water partition coefficient (Wildman–Crippen LogP) is 2.99. The molecular formula is C13H20ClNO. The highest BCUT2D eigenvalue weighted by molar-refractivity contribution is 5.85. The molecule has 1 N–H and O–H groups in total. The highest BCUT2D eigenvalue weighted by atomic mass is 35.5. The molecule has 1 aliphatic heterocycles. The van der Waals surface area contributed by atoms with Gasteiger partial charge in [0.1, 0.15) is 5.72 Å². The van der Waals surface area contributed by atoms with Gasteiger partial charge in [0.15, 0.2) is 0 Å². The van der Waals surface area contributed by atoms with Crippen molar-refractivity contribution in [3.63, 3.8) is 0 Å². The standard InChI is InChI=1S/C13H19NO.ClH/c1-10-6-5-7-11(8-10)13(4)14-12(2,3)9-15-13;/h5-8,14H,9H2,1-4H3;1H. The van der Waals surface area contributed by atoms with Gasteiger partial charge in [0.25, 0.3) is 0 Å². The third kappa shape index (κ3) is 2.57. The Morgan fingerprint density at radius 1 is 1.25 bits per heavy atom. The van der Waals surface area contributed by atoms with Crippen LogP contribution in [0.5, 0.6) is 0 Å². The summed E-state index contributed by atoms with van der Waals surface area (Å²) >= 11 is 0. The van der Waals surface area contributed by atoms with Crippen molar-refractivity contribution in [1.29, 1.82) is 0 Å². The number of halogens is 1. The van der Waals surface area contributed by atoms with Crippen LogP contribution < -0.4 is 5.32 Å². The fourth-order valence-corrected chi connectivity index (χ4v) is 2.14. The average Bonchev–Trinajstić information content (AvgIpc) is 2.42. The Balaban J connectivity index is 0.00000128. The van der Waals surface area contributed by atoms with Crippen LogP contribution in [0.25, 0.3) is 0 Å². The largest absolute Gasteiger partial charge is 0.355 e.